The topological polar surface area (TPSA) is 21.3 Å². The third-order valence-corrected chi connectivity index (χ3v) is 3.85. The lowest BCUT2D eigenvalue weighted by molar-refractivity contribution is 0.358. The van der Waals surface area contributed by atoms with E-state index in [4.69, 9.17) is 4.74 Å². The molecule has 104 valence electrons. The maximum atomic E-state index is 5.60. The van der Waals surface area contributed by atoms with Gasteiger partial charge in [0.1, 0.15) is 12.4 Å². The number of nitrogens with one attached hydrogen (secondary N) is 1. The molecule has 0 amide bonds. The summed E-state index contributed by atoms with van der Waals surface area (Å²) in [6.07, 6.45) is 1.73. The molecule has 0 spiro atoms. The minimum absolute atomic E-state index is 0.485. The monoisotopic (exact) mass is 395 g/mol. The Morgan fingerprint density at radius 2 is 1.75 bits per heavy atom. The highest BCUT2D eigenvalue weighted by atomic mass is 79.9. The number of anilines is 1. The van der Waals surface area contributed by atoms with Gasteiger partial charge in [0.2, 0.25) is 0 Å². The number of hydrogen-bond donors (Lipinski definition) is 1. The molecule has 0 heterocycles. The van der Waals surface area contributed by atoms with E-state index in [0.717, 1.165) is 26.9 Å². The van der Waals surface area contributed by atoms with Crippen LogP contribution in [0.4, 0.5) is 5.69 Å². The minimum Gasteiger partial charge on any atom is -0.487 e. The molecular weight excluding hydrogens is 382 g/mol. The molecule has 2 aromatic carbocycles. The molecule has 0 bridgehead atoms. The van der Waals surface area contributed by atoms with Crippen LogP contribution in [0.3, 0.4) is 0 Å². The zero-order chi connectivity index (χ0) is 14.4. The van der Waals surface area contributed by atoms with Gasteiger partial charge in [0, 0.05) is 12.2 Å². The van der Waals surface area contributed by atoms with Crippen molar-refractivity contribution in [2.24, 2.45) is 0 Å². The third-order valence-electron chi connectivity index (χ3n) is 2.67. The number of para-hydroxylation sites is 1. The number of ether oxygens (including phenoxy) is 1. The Labute approximate surface area is 136 Å². The lowest BCUT2D eigenvalue weighted by atomic mass is 10.2. The number of halogens is 2. The molecule has 0 aliphatic rings. The van der Waals surface area contributed by atoms with Gasteiger partial charge in [-0.15, -0.1) is 0 Å². The van der Waals surface area contributed by atoms with Gasteiger partial charge >= 0.3 is 0 Å². The van der Waals surface area contributed by atoms with Gasteiger partial charge in [-0.05, 0) is 61.7 Å². The lowest BCUT2D eigenvalue weighted by Gasteiger charge is -2.12. The fourth-order valence-corrected chi connectivity index (χ4v) is 3.26. The van der Waals surface area contributed by atoms with E-state index in [2.05, 4.69) is 55.9 Å². The molecule has 4 heteroatoms. The summed E-state index contributed by atoms with van der Waals surface area (Å²) in [4.78, 5) is 0. The molecule has 0 radical (unpaired) electrons. The lowest BCUT2D eigenvalue weighted by Crippen LogP contribution is -2.01. The fraction of sp³-hybridized carbons (Fsp3) is 0.125. The average molecular weight is 397 g/mol. The fourth-order valence-electron chi connectivity index (χ4n) is 1.75. The molecule has 2 rings (SSSR count). The van der Waals surface area contributed by atoms with E-state index in [1.165, 1.54) is 5.56 Å². The van der Waals surface area contributed by atoms with Gasteiger partial charge in [0.15, 0.2) is 0 Å². The smallest absolute Gasteiger partial charge is 0.148 e. The van der Waals surface area contributed by atoms with Crippen LogP contribution in [-0.2, 0) is 6.54 Å². The predicted octanol–water partition coefficient (Wildman–Crippen LogP) is 5.39. The molecule has 0 aliphatic carbocycles. The van der Waals surface area contributed by atoms with Crippen molar-refractivity contribution >= 4 is 37.5 Å². The van der Waals surface area contributed by atoms with Gasteiger partial charge < -0.3 is 10.1 Å². The Morgan fingerprint density at radius 3 is 2.35 bits per heavy atom. The highest BCUT2D eigenvalue weighted by Gasteiger charge is 2.08. The van der Waals surface area contributed by atoms with Gasteiger partial charge in [-0.3, -0.25) is 0 Å². The predicted molar refractivity (Wildman–Crippen MR) is 91.3 cm³/mol. The Bertz CT molecular complexity index is 561. The number of hydrogen-bond acceptors (Lipinski definition) is 2. The second-order valence-corrected chi connectivity index (χ2v) is 5.92. The Balaban J connectivity index is 2.08. The summed E-state index contributed by atoms with van der Waals surface area (Å²) in [5.74, 6) is 0.799. The zero-order valence-electron chi connectivity index (χ0n) is 10.9. The van der Waals surface area contributed by atoms with Gasteiger partial charge in [-0.1, -0.05) is 30.9 Å². The summed E-state index contributed by atoms with van der Waals surface area (Å²) in [5.41, 5.74) is 2.27. The first kappa shape index (κ1) is 15.1. The average Bonchev–Trinajstić information content (AvgIpc) is 2.45. The van der Waals surface area contributed by atoms with Crippen LogP contribution in [0.15, 0.2) is 64.1 Å². The molecule has 0 aromatic heterocycles. The quantitative estimate of drug-likeness (QED) is 0.661. The van der Waals surface area contributed by atoms with Crippen LogP contribution in [0.1, 0.15) is 5.56 Å². The number of rotatable bonds is 6. The van der Waals surface area contributed by atoms with E-state index in [9.17, 15) is 0 Å². The number of benzene rings is 2. The summed E-state index contributed by atoms with van der Waals surface area (Å²) in [6.45, 7) is 4.89. The molecular formula is C16H15Br2NO. The molecule has 0 aliphatic heterocycles. The van der Waals surface area contributed by atoms with Gasteiger partial charge in [-0.2, -0.15) is 0 Å². The maximum absolute atomic E-state index is 5.60. The van der Waals surface area contributed by atoms with Crippen molar-refractivity contribution in [2.75, 3.05) is 11.9 Å². The second kappa shape index (κ2) is 7.50. The summed E-state index contributed by atoms with van der Waals surface area (Å²) in [6, 6.07) is 14.2. The summed E-state index contributed by atoms with van der Waals surface area (Å²) in [5, 5.41) is 3.38. The van der Waals surface area contributed by atoms with E-state index >= 15 is 0 Å². The molecule has 0 fully saturated rings. The van der Waals surface area contributed by atoms with E-state index in [1.807, 2.05) is 30.3 Å². The van der Waals surface area contributed by atoms with Crippen LogP contribution in [0.2, 0.25) is 0 Å². The van der Waals surface area contributed by atoms with Crippen molar-refractivity contribution in [3.8, 4) is 5.75 Å². The third kappa shape index (κ3) is 4.12. The first-order valence-corrected chi connectivity index (χ1v) is 7.80. The minimum atomic E-state index is 0.485. The van der Waals surface area contributed by atoms with Crippen molar-refractivity contribution in [2.45, 2.75) is 6.54 Å². The van der Waals surface area contributed by atoms with Gasteiger partial charge in [0.25, 0.3) is 0 Å². The molecule has 0 unspecified atom stereocenters. The second-order valence-electron chi connectivity index (χ2n) is 4.21. The molecule has 1 N–H and O–H groups in total. The van der Waals surface area contributed by atoms with E-state index in [1.54, 1.807) is 6.08 Å². The molecule has 2 nitrogen and oxygen atoms in total. The Morgan fingerprint density at radius 1 is 1.10 bits per heavy atom. The first-order valence-electron chi connectivity index (χ1n) is 6.21. The van der Waals surface area contributed by atoms with E-state index in [0.29, 0.717) is 6.61 Å². The molecule has 20 heavy (non-hydrogen) atoms. The van der Waals surface area contributed by atoms with Crippen LogP contribution in [-0.4, -0.2) is 6.61 Å². The van der Waals surface area contributed by atoms with Crippen LogP contribution in [0.25, 0.3) is 0 Å². The first-order chi connectivity index (χ1) is 9.70. The van der Waals surface area contributed by atoms with Gasteiger partial charge in [0.05, 0.1) is 8.95 Å². The largest absolute Gasteiger partial charge is 0.487 e. The Kier molecular flexibility index (Phi) is 5.68. The summed E-state index contributed by atoms with van der Waals surface area (Å²) >= 11 is 7.07. The maximum Gasteiger partial charge on any atom is 0.148 e. The molecule has 0 saturated carbocycles. The summed E-state index contributed by atoms with van der Waals surface area (Å²) < 4.78 is 7.46. The van der Waals surface area contributed by atoms with Crippen LogP contribution in [0.5, 0.6) is 5.75 Å². The van der Waals surface area contributed by atoms with Crippen molar-refractivity contribution in [1.29, 1.82) is 0 Å². The van der Waals surface area contributed by atoms with Crippen molar-refractivity contribution in [3.05, 3.63) is 69.6 Å². The molecule has 0 saturated heterocycles. The van der Waals surface area contributed by atoms with Crippen molar-refractivity contribution in [3.63, 3.8) is 0 Å². The van der Waals surface area contributed by atoms with Gasteiger partial charge in [-0.25, -0.2) is 0 Å². The van der Waals surface area contributed by atoms with Crippen LogP contribution >= 0.6 is 31.9 Å². The highest BCUT2D eigenvalue weighted by Crippen LogP contribution is 2.35. The summed E-state index contributed by atoms with van der Waals surface area (Å²) in [7, 11) is 0. The highest BCUT2D eigenvalue weighted by molar-refractivity contribution is 9.11. The zero-order valence-corrected chi connectivity index (χ0v) is 14.1. The van der Waals surface area contributed by atoms with Crippen LogP contribution < -0.4 is 10.1 Å². The SMILES string of the molecule is C=CCOc1c(Br)cc(CNc2ccccc2)cc1Br. The molecule has 0 atom stereocenters. The van der Waals surface area contributed by atoms with E-state index < -0.39 is 0 Å². The Hall–Kier alpha value is -1.26. The van der Waals surface area contributed by atoms with Crippen molar-refractivity contribution in [1.82, 2.24) is 0 Å². The molecule has 2 aromatic rings. The normalized spacial score (nSPS) is 10.1. The standard InChI is InChI=1S/C16H15Br2NO/c1-2-8-20-16-14(17)9-12(10-15(16)18)11-19-13-6-4-3-5-7-13/h2-7,9-10,19H,1,8,11H2. The van der Waals surface area contributed by atoms with Crippen molar-refractivity contribution < 1.29 is 4.74 Å². The van der Waals surface area contributed by atoms with Crippen LogP contribution in [0, 0.1) is 0 Å². The van der Waals surface area contributed by atoms with E-state index in [-0.39, 0.29) is 0 Å².